The van der Waals surface area contributed by atoms with Crippen molar-refractivity contribution in [2.24, 2.45) is 0 Å². The van der Waals surface area contributed by atoms with E-state index >= 15 is 0 Å². The summed E-state index contributed by atoms with van der Waals surface area (Å²) in [4.78, 5) is 15.5. The van der Waals surface area contributed by atoms with Crippen LogP contribution >= 0.6 is 0 Å². The van der Waals surface area contributed by atoms with E-state index in [1.54, 1.807) is 6.92 Å². The maximum atomic E-state index is 12.6. The number of rotatable bonds is 4. The van der Waals surface area contributed by atoms with E-state index in [0.717, 1.165) is 0 Å². The van der Waals surface area contributed by atoms with Gasteiger partial charge in [0.25, 0.3) is 10.0 Å². The number of ether oxygens (including phenoxy) is 1. The molecule has 0 atom stereocenters. The summed E-state index contributed by atoms with van der Waals surface area (Å²) in [7, 11) is -4.74. The van der Waals surface area contributed by atoms with Crippen molar-refractivity contribution in [3.63, 3.8) is 0 Å². The third-order valence-corrected chi connectivity index (χ3v) is 4.26. The molecule has 0 saturated carbocycles. The molecule has 6 nitrogen and oxygen atoms in total. The van der Waals surface area contributed by atoms with Gasteiger partial charge in [0.1, 0.15) is 0 Å². The Morgan fingerprint density at radius 2 is 2.25 bits per heavy atom. The zero-order valence-corrected chi connectivity index (χ0v) is 11.4. The predicted molar refractivity (Wildman–Crippen MR) is 66.2 cm³/mol. The molecule has 20 heavy (non-hydrogen) atoms. The summed E-state index contributed by atoms with van der Waals surface area (Å²) in [6.45, 7) is 1.66. The fourth-order valence-corrected chi connectivity index (χ4v) is 2.87. The van der Waals surface area contributed by atoms with Crippen LogP contribution in [0, 0.1) is 0 Å². The van der Waals surface area contributed by atoms with E-state index in [9.17, 15) is 22.0 Å². The number of sulfonamides is 1. The topological polar surface area (TPSA) is 76.6 Å². The van der Waals surface area contributed by atoms with Crippen LogP contribution in [0.4, 0.5) is 14.5 Å². The van der Waals surface area contributed by atoms with Gasteiger partial charge in [0.2, 0.25) is 0 Å². The SMILES string of the molecule is CCOC(=O)c1cnc2c(c1)N(S(=O)(=O)C(F)F)CC2. The molecule has 0 aliphatic carbocycles. The molecule has 2 heterocycles. The lowest BCUT2D eigenvalue weighted by Gasteiger charge is -2.18. The smallest absolute Gasteiger partial charge is 0.355 e. The summed E-state index contributed by atoms with van der Waals surface area (Å²) < 4.78 is 53.6. The highest BCUT2D eigenvalue weighted by Gasteiger charge is 2.37. The lowest BCUT2D eigenvalue weighted by Crippen LogP contribution is -2.34. The first kappa shape index (κ1) is 14.6. The number of nitrogens with zero attached hydrogens (tertiary/aromatic N) is 2. The molecule has 0 bridgehead atoms. The molecule has 1 aliphatic rings. The van der Waals surface area contributed by atoms with Gasteiger partial charge in [0.15, 0.2) is 0 Å². The largest absolute Gasteiger partial charge is 0.462 e. The number of pyridine rings is 1. The third-order valence-electron chi connectivity index (χ3n) is 2.81. The number of carbonyl (C=O) groups excluding carboxylic acids is 1. The van der Waals surface area contributed by atoms with Crippen LogP contribution < -0.4 is 4.31 Å². The Labute approximate surface area is 114 Å². The van der Waals surface area contributed by atoms with Gasteiger partial charge in [0.05, 0.1) is 23.6 Å². The van der Waals surface area contributed by atoms with Crippen LogP contribution in [0.5, 0.6) is 0 Å². The molecule has 0 saturated heterocycles. The van der Waals surface area contributed by atoms with Crippen molar-refractivity contribution in [1.82, 2.24) is 4.98 Å². The first-order valence-corrected chi connectivity index (χ1v) is 7.34. The number of aromatic nitrogens is 1. The van der Waals surface area contributed by atoms with E-state index in [0.29, 0.717) is 10.00 Å². The molecule has 0 unspecified atom stereocenters. The summed E-state index contributed by atoms with van der Waals surface area (Å²) in [6, 6.07) is 1.22. The van der Waals surface area contributed by atoms with Gasteiger partial charge in [-0.15, -0.1) is 0 Å². The minimum absolute atomic E-state index is 0.0100. The molecule has 0 radical (unpaired) electrons. The fourth-order valence-electron chi connectivity index (χ4n) is 1.90. The zero-order chi connectivity index (χ0) is 14.9. The van der Waals surface area contributed by atoms with Crippen LogP contribution in [0.15, 0.2) is 12.3 Å². The van der Waals surface area contributed by atoms with E-state index in [4.69, 9.17) is 4.74 Å². The lowest BCUT2D eigenvalue weighted by atomic mass is 10.2. The van der Waals surface area contributed by atoms with Gasteiger partial charge in [-0.05, 0) is 13.0 Å². The molecule has 1 aromatic heterocycles. The predicted octanol–water partition coefficient (Wildman–Crippen LogP) is 1.17. The van der Waals surface area contributed by atoms with Gasteiger partial charge in [-0.1, -0.05) is 0 Å². The fraction of sp³-hybridized carbons (Fsp3) is 0.455. The number of alkyl halides is 2. The van der Waals surface area contributed by atoms with Crippen LogP contribution in [0.2, 0.25) is 0 Å². The van der Waals surface area contributed by atoms with E-state index in [1.165, 1.54) is 12.3 Å². The molecule has 0 fully saturated rings. The number of halogens is 2. The Bertz CT molecular complexity index is 633. The highest BCUT2D eigenvalue weighted by atomic mass is 32.2. The van der Waals surface area contributed by atoms with Crippen molar-refractivity contribution in [3.05, 3.63) is 23.5 Å². The molecular weight excluding hydrogens is 294 g/mol. The van der Waals surface area contributed by atoms with Gasteiger partial charge >= 0.3 is 11.7 Å². The molecule has 9 heteroatoms. The van der Waals surface area contributed by atoms with Gasteiger partial charge in [-0.3, -0.25) is 9.29 Å². The molecule has 1 aromatic rings. The standard InChI is InChI=1S/C11H12F2N2O4S/c1-2-19-10(16)7-5-9-8(14-6-7)3-4-15(9)20(17,18)11(12)13/h5-6,11H,2-4H2,1H3. The average Bonchev–Trinajstić information content (AvgIpc) is 2.82. The van der Waals surface area contributed by atoms with Crippen LogP contribution in [0.1, 0.15) is 23.0 Å². The van der Waals surface area contributed by atoms with Crippen LogP contribution in [-0.2, 0) is 21.2 Å². The van der Waals surface area contributed by atoms with Gasteiger partial charge in [-0.2, -0.15) is 8.78 Å². The van der Waals surface area contributed by atoms with Gasteiger partial charge in [0, 0.05) is 19.2 Å². The Morgan fingerprint density at radius 3 is 2.85 bits per heavy atom. The minimum atomic E-state index is -4.74. The second-order valence-electron chi connectivity index (χ2n) is 4.04. The molecule has 1 aliphatic heterocycles. The minimum Gasteiger partial charge on any atom is -0.462 e. The Hall–Kier alpha value is -1.77. The summed E-state index contributed by atoms with van der Waals surface area (Å²) in [5.74, 6) is -4.19. The highest BCUT2D eigenvalue weighted by molar-refractivity contribution is 7.93. The number of esters is 1. The highest BCUT2D eigenvalue weighted by Crippen LogP contribution is 2.31. The van der Waals surface area contributed by atoms with E-state index in [2.05, 4.69) is 4.98 Å². The summed E-state index contributed by atoms with van der Waals surface area (Å²) in [6.07, 6.45) is 1.47. The van der Waals surface area contributed by atoms with Gasteiger partial charge < -0.3 is 4.74 Å². The van der Waals surface area contributed by atoms with Crippen molar-refractivity contribution < 1.29 is 26.7 Å². The maximum absolute atomic E-state index is 12.6. The molecule has 0 amide bonds. The molecule has 0 spiro atoms. The lowest BCUT2D eigenvalue weighted by molar-refractivity contribution is 0.0526. The van der Waals surface area contributed by atoms with E-state index in [-0.39, 0.29) is 30.8 Å². The van der Waals surface area contributed by atoms with Crippen LogP contribution in [0.3, 0.4) is 0 Å². The molecule has 0 N–H and O–H groups in total. The first-order chi connectivity index (χ1) is 9.37. The molecule has 2 rings (SSSR count). The monoisotopic (exact) mass is 306 g/mol. The Morgan fingerprint density at radius 1 is 1.55 bits per heavy atom. The Kier molecular flexibility index (Phi) is 3.89. The zero-order valence-electron chi connectivity index (χ0n) is 10.5. The van der Waals surface area contributed by atoms with Crippen molar-refractivity contribution >= 4 is 21.7 Å². The number of fused-ring (bicyclic) bond motifs is 1. The van der Waals surface area contributed by atoms with Crippen LogP contribution in [0.25, 0.3) is 0 Å². The normalized spacial score (nSPS) is 14.5. The quantitative estimate of drug-likeness (QED) is 0.781. The first-order valence-electron chi connectivity index (χ1n) is 5.83. The average molecular weight is 306 g/mol. The van der Waals surface area contributed by atoms with E-state index < -0.39 is 21.8 Å². The summed E-state index contributed by atoms with van der Waals surface area (Å²) in [5, 5.41) is 0. The second kappa shape index (κ2) is 5.31. The number of hydrogen-bond acceptors (Lipinski definition) is 5. The molecular formula is C11H12F2N2O4S. The number of hydrogen-bond donors (Lipinski definition) is 0. The Balaban J connectivity index is 2.41. The number of anilines is 1. The van der Waals surface area contributed by atoms with Crippen molar-refractivity contribution in [1.29, 1.82) is 0 Å². The molecule has 110 valence electrons. The number of carbonyl (C=O) groups is 1. The van der Waals surface area contributed by atoms with Gasteiger partial charge in [-0.25, -0.2) is 13.2 Å². The van der Waals surface area contributed by atoms with Crippen LogP contribution in [-0.4, -0.2) is 38.3 Å². The summed E-state index contributed by atoms with van der Waals surface area (Å²) in [5.41, 5.74) is 0.403. The third kappa shape index (κ3) is 2.45. The van der Waals surface area contributed by atoms with Crippen molar-refractivity contribution in [2.45, 2.75) is 19.1 Å². The van der Waals surface area contributed by atoms with Crippen molar-refractivity contribution in [3.8, 4) is 0 Å². The second-order valence-corrected chi connectivity index (χ2v) is 5.87. The molecule has 0 aromatic carbocycles. The summed E-state index contributed by atoms with van der Waals surface area (Å²) >= 11 is 0. The maximum Gasteiger partial charge on any atom is 0.355 e. The van der Waals surface area contributed by atoms with E-state index in [1.807, 2.05) is 0 Å². The van der Waals surface area contributed by atoms with Crippen molar-refractivity contribution in [2.75, 3.05) is 17.5 Å².